The Labute approximate surface area is 121 Å². The van der Waals surface area contributed by atoms with Crippen LogP contribution in [0.3, 0.4) is 0 Å². The zero-order valence-corrected chi connectivity index (χ0v) is 13.0. The zero-order valence-electron chi connectivity index (χ0n) is 11.4. The fraction of sp³-hybridized carbons (Fsp3) is 0.538. The van der Waals surface area contributed by atoms with Gasteiger partial charge in [0, 0.05) is 24.3 Å². The van der Waals surface area contributed by atoms with Gasteiger partial charge in [-0.25, -0.2) is 4.98 Å². The topological polar surface area (TPSA) is 45.7 Å². The van der Waals surface area contributed by atoms with Crippen LogP contribution in [0.15, 0.2) is 16.7 Å². The summed E-state index contributed by atoms with van der Waals surface area (Å²) in [5.74, 6) is 0.387. The average Bonchev–Trinajstić information content (AvgIpc) is 2.47. The predicted octanol–water partition coefficient (Wildman–Crippen LogP) is 1.63. The number of ether oxygens (including phenoxy) is 1. The molecular weight excluding hydrogens is 310 g/mol. The minimum Gasteiger partial charge on any atom is -0.472 e. The lowest BCUT2D eigenvalue weighted by atomic mass is 10.2. The Hall–Kier alpha value is -1.14. The van der Waals surface area contributed by atoms with Crippen molar-refractivity contribution in [3.8, 4) is 5.88 Å². The summed E-state index contributed by atoms with van der Waals surface area (Å²) in [5, 5.41) is 0. The van der Waals surface area contributed by atoms with Gasteiger partial charge in [-0.1, -0.05) is 0 Å². The number of fused-ring (bicyclic) bond motifs is 1. The van der Waals surface area contributed by atoms with Crippen molar-refractivity contribution in [1.82, 2.24) is 14.8 Å². The number of rotatable bonds is 3. The molecule has 6 heteroatoms. The summed E-state index contributed by atoms with van der Waals surface area (Å²) < 4.78 is 6.66. The van der Waals surface area contributed by atoms with Crippen LogP contribution in [0, 0.1) is 0 Å². The quantitative estimate of drug-likeness (QED) is 0.846. The summed E-state index contributed by atoms with van der Waals surface area (Å²) in [4.78, 5) is 20.3. The largest absolute Gasteiger partial charge is 0.472 e. The maximum absolute atomic E-state index is 12.2. The molecule has 0 N–H and O–H groups in total. The van der Waals surface area contributed by atoms with E-state index in [0.29, 0.717) is 18.0 Å². The molecule has 1 aromatic heterocycles. The molecule has 0 aromatic carbocycles. The molecule has 0 spiro atoms. The third-order valence-electron chi connectivity index (χ3n) is 3.05. The number of carbonyl (C=O) groups is 1. The Morgan fingerprint density at radius 2 is 2.32 bits per heavy atom. The third-order valence-corrected chi connectivity index (χ3v) is 3.48. The first-order valence-corrected chi connectivity index (χ1v) is 6.99. The molecule has 19 heavy (non-hydrogen) atoms. The van der Waals surface area contributed by atoms with E-state index in [1.54, 1.807) is 24.2 Å². The molecule has 1 aromatic rings. The predicted molar refractivity (Wildman–Crippen MR) is 76.5 cm³/mol. The molecule has 1 unspecified atom stereocenters. The van der Waals surface area contributed by atoms with Crippen molar-refractivity contribution in [2.75, 3.05) is 34.2 Å². The second-order valence-corrected chi connectivity index (χ2v) is 5.94. The van der Waals surface area contributed by atoms with Crippen molar-refractivity contribution in [3.63, 3.8) is 0 Å². The first kappa shape index (κ1) is 14.3. The number of pyridine rings is 1. The molecule has 2 heterocycles. The van der Waals surface area contributed by atoms with Crippen LogP contribution in [-0.2, 0) is 0 Å². The number of likely N-dealkylation sites (N-methyl/N-ethyl adjacent to an activating group) is 1. The highest BCUT2D eigenvalue weighted by atomic mass is 79.9. The van der Waals surface area contributed by atoms with Gasteiger partial charge in [0.15, 0.2) is 0 Å². The normalized spacial score (nSPS) is 19.1. The van der Waals surface area contributed by atoms with Gasteiger partial charge < -0.3 is 14.5 Å². The Morgan fingerprint density at radius 1 is 1.58 bits per heavy atom. The molecule has 0 bridgehead atoms. The monoisotopic (exact) mass is 327 g/mol. The number of hydrogen-bond donors (Lipinski definition) is 0. The fourth-order valence-electron chi connectivity index (χ4n) is 2.02. The highest BCUT2D eigenvalue weighted by Crippen LogP contribution is 2.25. The van der Waals surface area contributed by atoms with Crippen molar-refractivity contribution in [2.24, 2.45) is 0 Å². The Balaban J connectivity index is 2.22. The summed E-state index contributed by atoms with van der Waals surface area (Å²) in [6.45, 7) is 1.50. The van der Waals surface area contributed by atoms with Gasteiger partial charge in [-0.2, -0.15) is 0 Å². The standard InChI is InChI=1S/C13H18BrN3O2/c1-16(2)5-4-10-8-17(3)13(18)11-6-9(14)7-15-12(11)19-10/h6-7,10H,4-5,8H2,1-3H3. The smallest absolute Gasteiger partial charge is 0.259 e. The van der Waals surface area contributed by atoms with Crippen LogP contribution >= 0.6 is 15.9 Å². The van der Waals surface area contributed by atoms with Crippen LogP contribution in [0.5, 0.6) is 5.88 Å². The molecule has 104 valence electrons. The van der Waals surface area contributed by atoms with E-state index in [4.69, 9.17) is 4.74 Å². The molecule has 0 aliphatic carbocycles. The van der Waals surface area contributed by atoms with E-state index in [2.05, 4.69) is 25.8 Å². The van der Waals surface area contributed by atoms with E-state index >= 15 is 0 Å². The number of halogens is 1. The molecule has 0 radical (unpaired) electrons. The summed E-state index contributed by atoms with van der Waals surface area (Å²) in [6.07, 6.45) is 2.49. The molecule has 1 aliphatic heterocycles. The van der Waals surface area contributed by atoms with E-state index in [1.807, 2.05) is 14.1 Å². The highest BCUT2D eigenvalue weighted by molar-refractivity contribution is 9.10. The van der Waals surface area contributed by atoms with Crippen molar-refractivity contribution in [1.29, 1.82) is 0 Å². The van der Waals surface area contributed by atoms with E-state index in [1.165, 1.54) is 0 Å². The molecule has 1 aliphatic rings. The SMILES string of the molecule is CN(C)CCC1CN(C)C(=O)c2cc(Br)cnc2O1. The molecule has 0 fully saturated rings. The Morgan fingerprint density at radius 3 is 3.00 bits per heavy atom. The third kappa shape index (κ3) is 3.45. The van der Waals surface area contributed by atoms with Gasteiger partial charge >= 0.3 is 0 Å². The van der Waals surface area contributed by atoms with Crippen LogP contribution in [0.4, 0.5) is 0 Å². The fourth-order valence-corrected chi connectivity index (χ4v) is 2.35. The maximum atomic E-state index is 12.2. The van der Waals surface area contributed by atoms with Crippen LogP contribution in [0.2, 0.25) is 0 Å². The molecule has 5 nitrogen and oxygen atoms in total. The highest BCUT2D eigenvalue weighted by Gasteiger charge is 2.27. The average molecular weight is 328 g/mol. The molecule has 1 amide bonds. The lowest BCUT2D eigenvalue weighted by Gasteiger charge is -2.21. The van der Waals surface area contributed by atoms with Crippen molar-refractivity contribution < 1.29 is 9.53 Å². The molecule has 2 rings (SSSR count). The first-order valence-electron chi connectivity index (χ1n) is 6.19. The molecule has 0 saturated carbocycles. The second kappa shape index (κ2) is 5.88. The molecule has 1 atom stereocenters. The summed E-state index contributed by atoms with van der Waals surface area (Å²) in [6, 6.07) is 1.76. The number of hydrogen-bond acceptors (Lipinski definition) is 4. The Bertz CT molecular complexity index is 479. The van der Waals surface area contributed by atoms with Gasteiger partial charge in [0.2, 0.25) is 5.88 Å². The van der Waals surface area contributed by atoms with Crippen LogP contribution < -0.4 is 4.74 Å². The zero-order chi connectivity index (χ0) is 14.0. The second-order valence-electron chi connectivity index (χ2n) is 5.02. The summed E-state index contributed by atoms with van der Waals surface area (Å²) in [7, 11) is 5.84. The van der Waals surface area contributed by atoms with Crippen LogP contribution in [0.1, 0.15) is 16.8 Å². The van der Waals surface area contributed by atoms with Gasteiger partial charge in [0.1, 0.15) is 11.7 Å². The number of amides is 1. The number of nitrogens with zero attached hydrogens (tertiary/aromatic N) is 3. The van der Waals surface area contributed by atoms with Gasteiger partial charge in [0.25, 0.3) is 5.91 Å². The Kier molecular flexibility index (Phi) is 4.42. The van der Waals surface area contributed by atoms with Crippen molar-refractivity contribution in [2.45, 2.75) is 12.5 Å². The van der Waals surface area contributed by atoms with Crippen molar-refractivity contribution >= 4 is 21.8 Å². The van der Waals surface area contributed by atoms with Gasteiger partial charge in [-0.3, -0.25) is 4.79 Å². The van der Waals surface area contributed by atoms with Gasteiger partial charge in [-0.05, 0) is 42.5 Å². The van der Waals surface area contributed by atoms with Gasteiger partial charge in [0.05, 0.1) is 6.54 Å². The van der Waals surface area contributed by atoms with E-state index in [9.17, 15) is 4.79 Å². The van der Waals surface area contributed by atoms with Crippen molar-refractivity contribution in [3.05, 3.63) is 22.3 Å². The van der Waals surface area contributed by atoms with Crippen LogP contribution in [0.25, 0.3) is 0 Å². The summed E-state index contributed by atoms with van der Waals surface area (Å²) >= 11 is 3.33. The minimum absolute atomic E-state index is 0.0220. The molecule has 0 saturated heterocycles. The lowest BCUT2D eigenvalue weighted by molar-refractivity contribution is 0.0749. The summed E-state index contributed by atoms with van der Waals surface area (Å²) in [5.41, 5.74) is 0.518. The van der Waals surface area contributed by atoms with E-state index in [0.717, 1.165) is 17.4 Å². The number of aromatic nitrogens is 1. The number of carbonyl (C=O) groups excluding carboxylic acids is 1. The van der Waals surface area contributed by atoms with Gasteiger partial charge in [-0.15, -0.1) is 0 Å². The minimum atomic E-state index is -0.0452. The van der Waals surface area contributed by atoms with Crippen LogP contribution in [-0.4, -0.2) is 61.0 Å². The van der Waals surface area contributed by atoms with E-state index in [-0.39, 0.29) is 12.0 Å². The lowest BCUT2D eigenvalue weighted by Crippen LogP contribution is -2.35. The first-order chi connectivity index (χ1) is 8.97. The maximum Gasteiger partial charge on any atom is 0.259 e. The molecular formula is C13H18BrN3O2. The van der Waals surface area contributed by atoms with E-state index < -0.39 is 0 Å².